The molecule has 1 saturated heterocycles. The number of piperidine rings is 1. The highest BCUT2D eigenvalue weighted by Gasteiger charge is 2.19. The molecule has 2 aromatic rings. The van der Waals surface area contributed by atoms with Gasteiger partial charge in [0.2, 0.25) is 5.95 Å². The fourth-order valence-electron chi connectivity index (χ4n) is 2.73. The van der Waals surface area contributed by atoms with Crippen LogP contribution in [0.15, 0.2) is 24.3 Å². The van der Waals surface area contributed by atoms with E-state index in [1.807, 2.05) is 12.1 Å². The van der Waals surface area contributed by atoms with Gasteiger partial charge >= 0.3 is 0 Å². The molecule has 1 aliphatic heterocycles. The molecule has 8 heteroatoms. The van der Waals surface area contributed by atoms with Crippen LogP contribution < -0.4 is 16.0 Å². The van der Waals surface area contributed by atoms with Crippen molar-refractivity contribution in [1.29, 1.82) is 5.26 Å². The van der Waals surface area contributed by atoms with Crippen molar-refractivity contribution in [3.63, 3.8) is 0 Å². The number of rotatable bonds is 3. The number of halogens is 1. The summed E-state index contributed by atoms with van der Waals surface area (Å²) in [7, 11) is 0. The van der Waals surface area contributed by atoms with E-state index in [4.69, 9.17) is 17.3 Å². The number of aromatic nitrogens is 2. The summed E-state index contributed by atoms with van der Waals surface area (Å²) in [5, 5.41) is 22.4. The third-order valence-corrected chi connectivity index (χ3v) is 4.10. The SMILES string of the molecule is N#Cc1cc(Nc2cc(Cl)nc(N)n2)ccc1N1CCC(O)CC1. The third-order valence-electron chi connectivity index (χ3n) is 3.91. The van der Waals surface area contributed by atoms with Gasteiger partial charge in [-0.25, -0.2) is 4.98 Å². The normalized spacial score (nSPS) is 15.1. The summed E-state index contributed by atoms with van der Waals surface area (Å²) >= 11 is 5.86. The van der Waals surface area contributed by atoms with Gasteiger partial charge in [0.25, 0.3) is 0 Å². The number of nitrogens with two attached hydrogens (primary N) is 1. The maximum absolute atomic E-state index is 9.62. The number of hydrogen-bond acceptors (Lipinski definition) is 7. The van der Waals surface area contributed by atoms with Gasteiger partial charge in [0, 0.05) is 24.8 Å². The standard InChI is InChI=1S/C16H17ClN6O/c17-14-8-15(22-16(19)21-14)20-11-1-2-13(10(7-11)9-18)23-5-3-12(24)4-6-23/h1-2,7-8,12,24H,3-6H2,(H3,19,20,21,22). The molecule has 0 atom stereocenters. The Hall–Kier alpha value is -2.56. The topological polar surface area (TPSA) is 111 Å². The lowest BCUT2D eigenvalue weighted by molar-refractivity contribution is 0.145. The van der Waals surface area contributed by atoms with Gasteiger partial charge in [-0.1, -0.05) is 11.6 Å². The molecule has 0 radical (unpaired) electrons. The Balaban J connectivity index is 1.82. The summed E-state index contributed by atoms with van der Waals surface area (Å²) in [6, 6.07) is 9.30. The first-order chi connectivity index (χ1) is 11.5. The molecule has 0 spiro atoms. The average molecular weight is 345 g/mol. The lowest BCUT2D eigenvalue weighted by Crippen LogP contribution is -2.36. The maximum Gasteiger partial charge on any atom is 0.223 e. The molecule has 0 bridgehead atoms. The first-order valence-electron chi connectivity index (χ1n) is 7.59. The second kappa shape index (κ2) is 6.91. The van der Waals surface area contributed by atoms with Gasteiger partial charge in [-0.3, -0.25) is 0 Å². The zero-order valence-corrected chi connectivity index (χ0v) is 13.7. The van der Waals surface area contributed by atoms with Crippen molar-refractivity contribution in [3.8, 4) is 6.07 Å². The minimum Gasteiger partial charge on any atom is -0.393 e. The molecular weight excluding hydrogens is 328 g/mol. The van der Waals surface area contributed by atoms with Gasteiger partial charge < -0.3 is 21.1 Å². The lowest BCUT2D eigenvalue weighted by atomic mass is 10.0. The number of hydrogen-bond donors (Lipinski definition) is 3. The second-order valence-corrected chi connectivity index (χ2v) is 6.01. The Labute approximate surface area is 144 Å². The van der Waals surface area contributed by atoms with Gasteiger partial charge in [-0.05, 0) is 31.0 Å². The molecule has 1 aliphatic rings. The highest BCUT2D eigenvalue weighted by Crippen LogP contribution is 2.28. The summed E-state index contributed by atoms with van der Waals surface area (Å²) in [6.45, 7) is 1.47. The number of anilines is 4. The summed E-state index contributed by atoms with van der Waals surface area (Å²) in [4.78, 5) is 9.98. The van der Waals surface area contributed by atoms with Crippen LogP contribution in [0.2, 0.25) is 5.15 Å². The zero-order valence-electron chi connectivity index (χ0n) is 12.9. The first-order valence-corrected chi connectivity index (χ1v) is 7.97. The Morgan fingerprint density at radius 1 is 1.29 bits per heavy atom. The Bertz CT molecular complexity index is 762. The van der Waals surface area contributed by atoms with E-state index < -0.39 is 0 Å². The van der Waals surface area contributed by atoms with Crippen LogP contribution in [0.1, 0.15) is 18.4 Å². The predicted molar refractivity (Wildman–Crippen MR) is 93.3 cm³/mol. The molecule has 1 aromatic heterocycles. The number of nitrogens with zero attached hydrogens (tertiary/aromatic N) is 4. The lowest BCUT2D eigenvalue weighted by Gasteiger charge is -2.32. The zero-order chi connectivity index (χ0) is 17.1. The van der Waals surface area contributed by atoms with E-state index in [9.17, 15) is 10.4 Å². The molecular formula is C16H17ClN6O. The van der Waals surface area contributed by atoms with E-state index in [2.05, 4.69) is 26.3 Å². The van der Waals surface area contributed by atoms with Crippen LogP contribution in [0.4, 0.5) is 23.1 Å². The smallest absolute Gasteiger partial charge is 0.223 e. The fraction of sp³-hybridized carbons (Fsp3) is 0.312. The highest BCUT2D eigenvalue weighted by atomic mass is 35.5. The number of nitriles is 1. The van der Waals surface area contributed by atoms with Gasteiger partial charge in [0.05, 0.1) is 17.4 Å². The average Bonchev–Trinajstić information content (AvgIpc) is 2.54. The molecule has 1 aromatic carbocycles. The molecule has 124 valence electrons. The van der Waals surface area contributed by atoms with Gasteiger partial charge in [0.1, 0.15) is 17.0 Å². The molecule has 7 nitrogen and oxygen atoms in total. The molecule has 0 amide bonds. The van der Waals surface area contributed by atoms with E-state index in [0.717, 1.165) is 18.8 Å². The molecule has 3 rings (SSSR count). The Kier molecular flexibility index (Phi) is 4.69. The van der Waals surface area contributed by atoms with E-state index in [1.54, 1.807) is 12.1 Å². The van der Waals surface area contributed by atoms with Crippen molar-refractivity contribution in [2.45, 2.75) is 18.9 Å². The van der Waals surface area contributed by atoms with Crippen LogP contribution in [0.5, 0.6) is 0 Å². The number of nitrogen functional groups attached to an aromatic ring is 1. The number of benzene rings is 1. The largest absolute Gasteiger partial charge is 0.393 e. The summed E-state index contributed by atoms with van der Waals surface area (Å²) < 4.78 is 0. The molecule has 24 heavy (non-hydrogen) atoms. The van der Waals surface area contributed by atoms with Crippen LogP contribution in [-0.4, -0.2) is 34.3 Å². The minimum atomic E-state index is -0.249. The molecule has 4 N–H and O–H groups in total. The number of aliphatic hydroxyl groups excluding tert-OH is 1. The van der Waals surface area contributed by atoms with Crippen LogP contribution in [0, 0.1) is 11.3 Å². The highest BCUT2D eigenvalue weighted by molar-refractivity contribution is 6.29. The van der Waals surface area contributed by atoms with Crippen molar-refractivity contribution < 1.29 is 5.11 Å². The third kappa shape index (κ3) is 3.67. The fourth-order valence-corrected chi connectivity index (χ4v) is 2.92. The van der Waals surface area contributed by atoms with Crippen LogP contribution in [-0.2, 0) is 0 Å². The van der Waals surface area contributed by atoms with Crippen molar-refractivity contribution in [1.82, 2.24) is 9.97 Å². The van der Waals surface area contributed by atoms with Gasteiger partial charge in [-0.2, -0.15) is 10.2 Å². The molecule has 0 unspecified atom stereocenters. The van der Waals surface area contributed by atoms with Crippen molar-refractivity contribution in [2.75, 3.05) is 29.0 Å². The van der Waals surface area contributed by atoms with E-state index >= 15 is 0 Å². The van der Waals surface area contributed by atoms with E-state index in [-0.39, 0.29) is 17.2 Å². The molecule has 0 aliphatic carbocycles. The maximum atomic E-state index is 9.62. The minimum absolute atomic E-state index is 0.0778. The van der Waals surface area contributed by atoms with Crippen molar-refractivity contribution in [3.05, 3.63) is 35.0 Å². The van der Waals surface area contributed by atoms with E-state index in [0.29, 0.717) is 29.9 Å². The van der Waals surface area contributed by atoms with E-state index in [1.165, 1.54) is 0 Å². The summed E-state index contributed by atoms with van der Waals surface area (Å²) in [5.41, 5.74) is 7.72. The predicted octanol–water partition coefficient (Wildman–Crippen LogP) is 2.29. The first kappa shape index (κ1) is 16.3. The molecule has 2 heterocycles. The Morgan fingerprint density at radius 2 is 2.04 bits per heavy atom. The van der Waals surface area contributed by atoms with Gasteiger partial charge in [-0.15, -0.1) is 0 Å². The van der Waals surface area contributed by atoms with Crippen LogP contribution >= 0.6 is 11.6 Å². The van der Waals surface area contributed by atoms with Crippen molar-refractivity contribution in [2.24, 2.45) is 0 Å². The Morgan fingerprint density at radius 3 is 2.71 bits per heavy atom. The quantitative estimate of drug-likeness (QED) is 0.732. The summed E-state index contributed by atoms with van der Waals surface area (Å²) in [6.07, 6.45) is 1.17. The molecule has 1 fully saturated rings. The van der Waals surface area contributed by atoms with Crippen LogP contribution in [0.3, 0.4) is 0 Å². The molecule has 0 saturated carbocycles. The van der Waals surface area contributed by atoms with Gasteiger partial charge in [0.15, 0.2) is 0 Å². The monoisotopic (exact) mass is 344 g/mol. The van der Waals surface area contributed by atoms with Crippen LogP contribution in [0.25, 0.3) is 0 Å². The number of nitrogens with one attached hydrogen (secondary N) is 1. The summed E-state index contributed by atoms with van der Waals surface area (Å²) in [5.74, 6) is 0.541. The van der Waals surface area contributed by atoms with Crippen molar-refractivity contribution >= 4 is 34.7 Å². The number of aliphatic hydroxyl groups is 1. The second-order valence-electron chi connectivity index (χ2n) is 5.62.